The van der Waals surface area contributed by atoms with Crippen molar-refractivity contribution in [1.29, 1.82) is 5.26 Å². The number of nitrogens with one attached hydrogen (secondary N) is 1. The maximum absolute atomic E-state index is 12.1. The highest BCUT2D eigenvalue weighted by Gasteiger charge is 2.17. The molecule has 0 aliphatic heterocycles. The van der Waals surface area contributed by atoms with Gasteiger partial charge in [0.15, 0.2) is 6.61 Å². The molecule has 1 aromatic heterocycles. The number of nitriles is 1. The standard InChI is InChI=1S/C19H13N3O5/c20-9-15-17(13-3-1-2-4-14(13)27-15)22-16(23)10-26-19(25)12-7-5-11(6-8-12)18(21)24/h1-8H,10H2,(H2,21,24)(H,22,23). The molecule has 3 N–H and O–H groups in total. The second-order valence-corrected chi connectivity index (χ2v) is 5.48. The van der Waals surface area contributed by atoms with Crippen LogP contribution in [-0.4, -0.2) is 24.4 Å². The Labute approximate surface area is 153 Å². The Morgan fingerprint density at radius 1 is 1.07 bits per heavy atom. The highest BCUT2D eigenvalue weighted by molar-refractivity contribution is 6.04. The van der Waals surface area contributed by atoms with Crippen molar-refractivity contribution in [3.8, 4) is 6.07 Å². The summed E-state index contributed by atoms with van der Waals surface area (Å²) in [4.78, 5) is 35.1. The van der Waals surface area contributed by atoms with E-state index in [0.717, 1.165) is 0 Å². The first kappa shape index (κ1) is 17.7. The molecule has 1 heterocycles. The number of esters is 1. The Balaban J connectivity index is 1.66. The van der Waals surface area contributed by atoms with Gasteiger partial charge in [-0.1, -0.05) is 12.1 Å². The van der Waals surface area contributed by atoms with Crippen molar-refractivity contribution in [1.82, 2.24) is 0 Å². The smallest absolute Gasteiger partial charge is 0.338 e. The van der Waals surface area contributed by atoms with Gasteiger partial charge in [-0.15, -0.1) is 0 Å². The van der Waals surface area contributed by atoms with Crippen LogP contribution in [0.15, 0.2) is 52.9 Å². The van der Waals surface area contributed by atoms with Crippen LogP contribution >= 0.6 is 0 Å². The first-order valence-corrected chi connectivity index (χ1v) is 7.78. The molecule has 3 rings (SSSR count). The molecule has 0 saturated heterocycles. The molecule has 27 heavy (non-hydrogen) atoms. The highest BCUT2D eigenvalue weighted by atomic mass is 16.5. The number of nitrogens with zero attached hydrogens (tertiary/aromatic N) is 1. The molecule has 0 radical (unpaired) electrons. The van der Waals surface area contributed by atoms with Gasteiger partial charge >= 0.3 is 5.97 Å². The van der Waals surface area contributed by atoms with Crippen LogP contribution in [0, 0.1) is 11.3 Å². The molecule has 0 atom stereocenters. The number of carbonyl (C=O) groups is 3. The Bertz CT molecular complexity index is 1080. The van der Waals surface area contributed by atoms with E-state index < -0.39 is 24.4 Å². The summed E-state index contributed by atoms with van der Waals surface area (Å²) in [5, 5.41) is 12.2. The van der Waals surface area contributed by atoms with Crippen LogP contribution in [0.5, 0.6) is 0 Å². The molecule has 0 saturated carbocycles. The largest absolute Gasteiger partial charge is 0.452 e. The van der Waals surface area contributed by atoms with Gasteiger partial charge in [0.25, 0.3) is 5.91 Å². The molecule has 134 valence electrons. The first-order valence-electron chi connectivity index (χ1n) is 7.78. The maximum Gasteiger partial charge on any atom is 0.338 e. The fraction of sp³-hybridized carbons (Fsp3) is 0.0526. The second-order valence-electron chi connectivity index (χ2n) is 5.48. The van der Waals surface area contributed by atoms with E-state index >= 15 is 0 Å². The van der Waals surface area contributed by atoms with Crippen molar-refractivity contribution in [3.05, 3.63) is 65.4 Å². The molecular formula is C19H13N3O5. The van der Waals surface area contributed by atoms with Gasteiger partial charge in [0.1, 0.15) is 17.3 Å². The van der Waals surface area contributed by atoms with Crippen molar-refractivity contribution in [2.45, 2.75) is 0 Å². The number of benzene rings is 2. The van der Waals surface area contributed by atoms with E-state index in [4.69, 9.17) is 20.1 Å². The number of anilines is 1. The molecule has 2 amide bonds. The number of primary amides is 1. The van der Waals surface area contributed by atoms with Gasteiger partial charge in [-0.05, 0) is 36.4 Å². The van der Waals surface area contributed by atoms with E-state index in [1.165, 1.54) is 24.3 Å². The lowest BCUT2D eigenvalue weighted by Crippen LogP contribution is -2.21. The van der Waals surface area contributed by atoms with Gasteiger partial charge in [-0.2, -0.15) is 5.26 Å². The third kappa shape index (κ3) is 3.77. The van der Waals surface area contributed by atoms with Crippen LogP contribution in [0.4, 0.5) is 5.69 Å². The molecule has 0 bridgehead atoms. The molecule has 0 fully saturated rings. The number of furan rings is 1. The molecular weight excluding hydrogens is 350 g/mol. The van der Waals surface area contributed by atoms with Crippen molar-refractivity contribution in [2.75, 3.05) is 11.9 Å². The fourth-order valence-corrected chi connectivity index (χ4v) is 2.41. The predicted molar refractivity (Wildman–Crippen MR) is 94.8 cm³/mol. The minimum atomic E-state index is -0.737. The van der Waals surface area contributed by atoms with Gasteiger partial charge < -0.3 is 20.2 Å². The fourth-order valence-electron chi connectivity index (χ4n) is 2.41. The van der Waals surface area contributed by atoms with Crippen LogP contribution in [0.25, 0.3) is 11.0 Å². The second kappa shape index (κ2) is 7.41. The van der Waals surface area contributed by atoms with Crippen LogP contribution in [0.3, 0.4) is 0 Å². The van der Waals surface area contributed by atoms with E-state index in [1.807, 2.05) is 6.07 Å². The number of amides is 2. The minimum absolute atomic E-state index is 0.0436. The number of hydrogen-bond acceptors (Lipinski definition) is 6. The van der Waals surface area contributed by atoms with Gasteiger partial charge in [0, 0.05) is 10.9 Å². The lowest BCUT2D eigenvalue weighted by molar-refractivity contribution is -0.119. The van der Waals surface area contributed by atoms with Crippen molar-refractivity contribution < 1.29 is 23.5 Å². The van der Waals surface area contributed by atoms with Gasteiger partial charge in [0.05, 0.1) is 5.56 Å². The number of rotatable bonds is 5. The maximum atomic E-state index is 12.1. The Morgan fingerprint density at radius 3 is 2.41 bits per heavy atom. The molecule has 0 aliphatic rings. The number of hydrogen-bond donors (Lipinski definition) is 2. The van der Waals surface area contributed by atoms with Gasteiger partial charge in [-0.3, -0.25) is 9.59 Å². The highest BCUT2D eigenvalue weighted by Crippen LogP contribution is 2.30. The van der Waals surface area contributed by atoms with Crippen molar-refractivity contribution in [2.24, 2.45) is 5.73 Å². The van der Waals surface area contributed by atoms with Gasteiger partial charge in [0.2, 0.25) is 11.7 Å². The SMILES string of the molecule is N#Cc1oc2ccccc2c1NC(=O)COC(=O)c1ccc(C(N)=O)cc1. The van der Waals surface area contributed by atoms with E-state index in [-0.39, 0.29) is 22.6 Å². The van der Waals surface area contributed by atoms with Crippen molar-refractivity contribution in [3.63, 3.8) is 0 Å². The average molecular weight is 363 g/mol. The zero-order valence-electron chi connectivity index (χ0n) is 13.9. The molecule has 2 aromatic carbocycles. The minimum Gasteiger partial charge on any atom is -0.452 e. The summed E-state index contributed by atoms with van der Waals surface area (Å²) in [5.41, 5.74) is 6.22. The topological polar surface area (TPSA) is 135 Å². The Kier molecular flexibility index (Phi) is 4.86. The lowest BCUT2D eigenvalue weighted by atomic mass is 10.1. The van der Waals surface area contributed by atoms with E-state index in [9.17, 15) is 14.4 Å². The monoisotopic (exact) mass is 363 g/mol. The van der Waals surface area contributed by atoms with Crippen LogP contribution in [0.1, 0.15) is 26.5 Å². The summed E-state index contributed by atoms with van der Waals surface area (Å²) in [7, 11) is 0. The first-order chi connectivity index (χ1) is 13.0. The third-order valence-corrected chi connectivity index (χ3v) is 3.70. The molecule has 0 spiro atoms. The molecule has 0 aliphatic carbocycles. The van der Waals surface area contributed by atoms with E-state index in [1.54, 1.807) is 24.3 Å². The summed E-state index contributed by atoms with van der Waals surface area (Å²) in [5.74, 6) is -2.02. The van der Waals surface area contributed by atoms with Crippen LogP contribution in [0.2, 0.25) is 0 Å². The quantitative estimate of drug-likeness (QED) is 0.667. The lowest BCUT2D eigenvalue weighted by Gasteiger charge is -2.06. The normalized spacial score (nSPS) is 10.2. The summed E-state index contributed by atoms with van der Waals surface area (Å²) < 4.78 is 10.3. The number of para-hydroxylation sites is 1. The zero-order valence-corrected chi connectivity index (χ0v) is 13.9. The van der Waals surface area contributed by atoms with Crippen molar-refractivity contribution >= 4 is 34.4 Å². The molecule has 8 nitrogen and oxygen atoms in total. The van der Waals surface area contributed by atoms with Gasteiger partial charge in [-0.25, -0.2) is 4.79 Å². The average Bonchev–Trinajstić information content (AvgIpc) is 3.04. The summed E-state index contributed by atoms with van der Waals surface area (Å²) in [6.07, 6.45) is 0. The number of ether oxygens (including phenoxy) is 1. The summed E-state index contributed by atoms with van der Waals surface area (Å²) >= 11 is 0. The third-order valence-electron chi connectivity index (χ3n) is 3.70. The molecule has 0 unspecified atom stereocenters. The number of fused-ring (bicyclic) bond motifs is 1. The van der Waals surface area contributed by atoms with Crippen LogP contribution in [-0.2, 0) is 9.53 Å². The summed E-state index contributed by atoms with van der Waals surface area (Å²) in [6.45, 7) is -0.555. The van der Waals surface area contributed by atoms with Crippen LogP contribution < -0.4 is 11.1 Å². The van der Waals surface area contributed by atoms with E-state index in [0.29, 0.717) is 11.0 Å². The number of nitrogens with two attached hydrogens (primary N) is 1. The van der Waals surface area contributed by atoms with E-state index in [2.05, 4.69) is 5.32 Å². The predicted octanol–water partition coefficient (Wildman–Crippen LogP) is 2.20. The zero-order chi connectivity index (χ0) is 19.4. The number of carbonyl (C=O) groups excluding carboxylic acids is 3. The molecule has 8 heteroatoms. The Morgan fingerprint density at radius 2 is 1.74 bits per heavy atom. The molecule has 3 aromatic rings. The Hall–Kier alpha value is -4.12. The summed E-state index contributed by atoms with van der Waals surface area (Å²) in [6, 6.07) is 14.2.